The number of imide groups is 1. The summed E-state index contributed by atoms with van der Waals surface area (Å²) in [7, 11) is 0. The highest BCUT2D eigenvalue weighted by molar-refractivity contribution is 8.15. The molecule has 0 aromatic heterocycles. The van der Waals surface area contributed by atoms with Crippen LogP contribution in [0.3, 0.4) is 0 Å². The number of carboxylic acids is 2. The number of carbonyl (C=O) groups is 4. The zero-order chi connectivity index (χ0) is 19.6. The number of amides is 2. The molecule has 3 rings (SSSR count). The molecule has 0 bridgehead atoms. The van der Waals surface area contributed by atoms with Crippen LogP contribution in [0.2, 0.25) is 0 Å². The summed E-state index contributed by atoms with van der Waals surface area (Å²) in [5.41, 5.74) is 1.39. The van der Waals surface area contributed by atoms with E-state index in [0.717, 1.165) is 16.7 Å². The normalized spacial score (nSPS) is 16.4. The predicted molar refractivity (Wildman–Crippen MR) is 97.8 cm³/mol. The van der Waals surface area contributed by atoms with Crippen LogP contribution in [0.4, 0.5) is 10.5 Å². The van der Waals surface area contributed by atoms with Crippen molar-refractivity contribution in [2.75, 3.05) is 5.32 Å². The highest BCUT2D eigenvalue weighted by Gasteiger charge is 2.39. The van der Waals surface area contributed by atoms with Crippen molar-refractivity contribution in [1.82, 2.24) is 4.90 Å². The number of aromatic carboxylic acids is 2. The summed E-state index contributed by atoms with van der Waals surface area (Å²) in [5.74, 6) is -2.53. The molecule has 1 heterocycles. The Bertz CT molecular complexity index is 910. The van der Waals surface area contributed by atoms with Crippen LogP contribution in [0.25, 0.3) is 0 Å². The Balaban J connectivity index is 1.67. The molecule has 27 heavy (non-hydrogen) atoms. The van der Waals surface area contributed by atoms with Crippen molar-refractivity contribution in [3.05, 3.63) is 65.2 Å². The molecule has 1 aliphatic rings. The molecule has 1 atom stereocenters. The maximum atomic E-state index is 12.5. The minimum Gasteiger partial charge on any atom is -0.478 e. The van der Waals surface area contributed by atoms with Crippen molar-refractivity contribution >= 4 is 40.5 Å². The first-order chi connectivity index (χ1) is 12.8. The SMILES string of the molecule is O=C(O)c1ccc(CN2C(=O)S[C@H](Nc3ccc(C(=O)O)cc3)C2=O)cc1. The summed E-state index contributed by atoms with van der Waals surface area (Å²) < 4.78 is 0. The van der Waals surface area contributed by atoms with Gasteiger partial charge in [0.15, 0.2) is 5.37 Å². The lowest BCUT2D eigenvalue weighted by Gasteiger charge is -2.15. The van der Waals surface area contributed by atoms with E-state index >= 15 is 0 Å². The van der Waals surface area contributed by atoms with Gasteiger partial charge in [-0.2, -0.15) is 0 Å². The molecule has 0 unspecified atom stereocenters. The summed E-state index contributed by atoms with van der Waals surface area (Å²) in [6, 6.07) is 11.8. The Morgan fingerprint density at radius 1 is 0.926 bits per heavy atom. The fraction of sp³-hybridized carbons (Fsp3) is 0.111. The average Bonchev–Trinajstić information content (AvgIpc) is 2.90. The molecule has 0 spiro atoms. The van der Waals surface area contributed by atoms with Crippen molar-refractivity contribution in [3.63, 3.8) is 0 Å². The third-order valence-electron chi connectivity index (χ3n) is 3.90. The second kappa shape index (κ2) is 7.50. The molecule has 3 N–H and O–H groups in total. The Morgan fingerprint density at radius 2 is 1.44 bits per heavy atom. The van der Waals surface area contributed by atoms with Gasteiger partial charge in [0.05, 0.1) is 17.7 Å². The van der Waals surface area contributed by atoms with Gasteiger partial charge in [-0.25, -0.2) is 9.59 Å². The number of nitrogens with one attached hydrogen (secondary N) is 1. The summed E-state index contributed by atoms with van der Waals surface area (Å²) in [4.78, 5) is 47.5. The maximum Gasteiger partial charge on any atom is 0.335 e. The van der Waals surface area contributed by atoms with Gasteiger partial charge in [0.2, 0.25) is 0 Å². The van der Waals surface area contributed by atoms with Gasteiger partial charge in [0, 0.05) is 5.69 Å². The van der Waals surface area contributed by atoms with E-state index in [9.17, 15) is 19.2 Å². The number of hydrogen-bond acceptors (Lipinski definition) is 6. The van der Waals surface area contributed by atoms with Crippen LogP contribution >= 0.6 is 11.8 Å². The van der Waals surface area contributed by atoms with Crippen molar-refractivity contribution in [3.8, 4) is 0 Å². The number of carboxylic acid groups (broad SMARTS) is 2. The van der Waals surface area contributed by atoms with E-state index in [2.05, 4.69) is 5.32 Å². The third-order valence-corrected chi connectivity index (χ3v) is 4.88. The monoisotopic (exact) mass is 386 g/mol. The van der Waals surface area contributed by atoms with E-state index in [1.807, 2.05) is 0 Å². The van der Waals surface area contributed by atoms with Crippen LogP contribution in [0.1, 0.15) is 26.3 Å². The summed E-state index contributed by atoms with van der Waals surface area (Å²) in [6.45, 7) is 0.0424. The topological polar surface area (TPSA) is 124 Å². The molecule has 0 radical (unpaired) electrons. The van der Waals surface area contributed by atoms with Gasteiger partial charge in [0.25, 0.3) is 11.1 Å². The van der Waals surface area contributed by atoms with E-state index in [0.29, 0.717) is 11.3 Å². The Morgan fingerprint density at radius 3 is 1.96 bits per heavy atom. The summed E-state index contributed by atoms with van der Waals surface area (Å²) >= 11 is 0.830. The van der Waals surface area contributed by atoms with Crippen molar-refractivity contribution in [2.24, 2.45) is 0 Å². The number of thioether (sulfide) groups is 1. The fourth-order valence-corrected chi connectivity index (χ4v) is 3.38. The number of benzene rings is 2. The summed E-state index contributed by atoms with van der Waals surface area (Å²) in [5, 5.41) is 19.5. The molecular formula is C18H14N2O6S. The quantitative estimate of drug-likeness (QED) is 0.692. The van der Waals surface area contributed by atoms with E-state index in [-0.39, 0.29) is 17.7 Å². The standard InChI is InChI=1S/C18H14N2O6S/c21-15-14(19-13-7-5-12(6-8-13)17(24)25)27-18(26)20(15)9-10-1-3-11(4-2-10)16(22)23/h1-8,14,19H,9H2,(H,22,23)(H,24,25)/t14-/m0/s1. The number of anilines is 1. The lowest BCUT2D eigenvalue weighted by atomic mass is 10.1. The van der Waals surface area contributed by atoms with Gasteiger partial charge >= 0.3 is 11.9 Å². The molecule has 1 saturated heterocycles. The molecule has 138 valence electrons. The fourth-order valence-electron chi connectivity index (χ4n) is 2.48. The maximum absolute atomic E-state index is 12.5. The number of hydrogen-bond donors (Lipinski definition) is 3. The van der Waals surface area contributed by atoms with Crippen LogP contribution in [0.5, 0.6) is 0 Å². The molecular weight excluding hydrogens is 372 g/mol. The highest BCUT2D eigenvalue weighted by Crippen LogP contribution is 2.29. The Labute approximate surface area is 157 Å². The number of rotatable bonds is 6. The molecule has 9 heteroatoms. The van der Waals surface area contributed by atoms with Crippen LogP contribution in [0.15, 0.2) is 48.5 Å². The largest absolute Gasteiger partial charge is 0.478 e. The Hall–Kier alpha value is -3.33. The van der Waals surface area contributed by atoms with Crippen LogP contribution < -0.4 is 5.32 Å². The smallest absolute Gasteiger partial charge is 0.335 e. The van der Waals surface area contributed by atoms with Gasteiger partial charge in [0.1, 0.15) is 0 Å². The molecule has 2 aromatic carbocycles. The van der Waals surface area contributed by atoms with E-state index in [1.54, 1.807) is 12.1 Å². The van der Waals surface area contributed by atoms with Crippen LogP contribution in [-0.4, -0.2) is 43.6 Å². The average molecular weight is 386 g/mol. The van der Waals surface area contributed by atoms with E-state index in [1.165, 1.54) is 36.4 Å². The first-order valence-electron chi connectivity index (χ1n) is 7.79. The molecule has 0 saturated carbocycles. The summed E-state index contributed by atoms with van der Waals surface area (Å²) in [6.07, 6.45) is 0. The predicted octanol–water partition coefficient (Wildman–Crippen LogP) is 2.72. The number of carbonyl (C=O) groups excluding carboxylic acids is 2. The molecule has 0 aliphatic carbocycles. The lowest BCUT2D eigenvalue weighted by molar-refractivity contribution is -0.126. The van der Waals surface area contributed by atoms with Crippen molar-refractivity contribution < 1.29 is 29.4 Å². The zero-order valence-electron chi connectivity index (χ0n) is 13.8. The second-order valence-electron chi connectivity index (χ2n) is 5.72. The minimum atomic E-state index is -1.05. The lowest BCUT2D eigenvalue weighted by Crippen LogP contribution is -2.33. The molecule has 1 aliphatic heterocycles. The van der Waals surface area contributed by atoms with Crippen LogP contribution in [-0.2, 0) is 11.3 Å². The first-order valence-corrected chi connectivity index (χ1v) is 8.67. The Kier molecular flexibility index (Phi) is 5.13. The molecule has 8 nitrogen and oxygen atoms in total. The number of nitrogens with zero attached hydrogens (tertiary/aromatic N) is 1. The van der Waals surface area contributed by atoms with Gasteiger partial charge in [-0.1, -0.05) is 12.1 Å². The molecule has 2 aromatic rings. The van der Waals surface area contributed by atoms with Crippen molar-refractivity contribution in [2.45, 2.75) is 11.9 Å². The van der Waals surface area contributed by atoms with Crippen LogP contribution in [0, 0.1) is 0 Å². The first kappa shape index (κ1) is 18.5. The third kappa shape index (κ3) is 4.09. The van der Waals surface area contributed by atoms with Gasteiger partial charge in [-0.05, 0) is 53.7 Å². The van der Waals surface area contributed by atoms with Gasteiger partial charge in [-0.15, -0.1) is 0 Å². The molecule has 1 fully saturated rings. The van der Waals surface area contributed by atoms with E-state index < -0.39 is 28.5 Å². The van der Waals surface area contributed by atoms with E-state index in [4.69, 9.17) is 10.2 Å². The second-order valence-corrected chi connectivity index (χ2v) is 6.77. The molecule has 2 amide bonds. The zero-order valence-corrected chi connectivity index (χ0v) is 14.6. The van der Waals surface area contributed by atoms with Gasteiger partial charge < -0.3 is 15.5 Å². The van der Waals surface area contributed by atoms with Crippen molar-refractivity contribution in [1.29, 1.82) is 0 Å². The minimum absolute atomic E-state index is 0.0424. The highest BCUT2D eigenvalue weighted by atomic mass is 32.2. The van der Waals surface area contributed by atoms with Gasteiger partial charge in [-0.3, -0.25) is 14.5 Å².